The molecule has 4 fully saturated rings. The average molecular weight is 471 g/mol. The van der Waals surface area contributed by atoms with Gasteiger partial charge < -0.3 is 24.4 Å². The Morgan fingerprint density at radius 1 is 1.09 bits per heavy atom. The maximum atomic E-state index is 13.2. The average Bonchev–Trinajstić information content (AvgIpc) is 3.58. The van der Waals surface area contributed by atoms with E-state index in [-0.39, 0.29) is 30.7 Å². The molecule has 2 unspecified atom stereocenters. The summed E-state index contributed by atoms with van der Waals surface area (Å²) in [6.45, 7) is 3.95. The Bertz CT molecular complexity index is 1070. The number of benzene rings is 1. The largest absolute Gasteiger partial charge is 0.366 e. The van der Waals surface area contributed by atoms with E-state index in [1.165, 1.54) is 29.3 Å². The van der Waals surface area contributed by atoms with Crippen LogP contribution in [0.15, 0.2) is 24.4 Å². The summed E-state index contributed by atoms with van der Waals surface area (Å²) in [7, 11) is 0. The zero-order valence-corrected chi connectivity index (χ0v) is 19.6. The van der Waals surface area contributed by atoms with Crippen LogP contribution in [-0.4, -0.2) is 71.2 Å². The van der Waals surface area contributed by atoms with Crippen LogP contribution in [-0.2, 0) is 16.1 Å². The molecule has 1 saturated carbocycles. The Morgan fingerprint density at radius 2 is 1.88 bits per heavy atom. The monoisotopic (exact) mass is 470 g/mol. The molecule has 0 spiro atoms. The van der Waals surface area contributed by atoms with Gasteiger partial charge in [-0.1, -0.05) is 11.6 Å². The zero-order valence-electron chi connectivity index (χ0n) is 18.8. The molecule has 4 heterocycles. The van der Waals surface area contributed by atoms with Gasteiger partial charge in [-0.2, -0.15) is 0 Å². The number of hydrogen-bond donors (Lipinski definition) is 1. The first-order chi connectivity index (χ1) is 16.0. The van der Waals surface area contributed by atoms with Crippen molar-refractivity contribution in [1.82, 2.24) is 19.7 Å². The molecule has 0 bridgehead atoms. The van der Waals surface area contributed by atoms with E-state index < -0.39 is 0 Å². The van der Waals surface area contributed by atoms with E-state index in [0.717, 1.165) is 49.8 Å². The van der Waals surface area contributed by atoms with Gasteiger partial charge in [-0.25, -0.2) is 4.79 Å². The van der Waals surface area contributed by atoms with Gasteiger partial charge in [-0.05, 0) is 67.7 Å². The van der Waals surface area contributed by atoms with Crippen molar-refractivity contribution >= 4 is 34.4 Å². The summed E-state index contributed by atoms with van der Waals surface area (Å²) >= 11 is 6.36. The molecule has 3 aliphatic heterocycles. The molecule has 3 amide bonds. The molecule has 3 saturated heterocycles. The number of nitrogens with one attached hydrogen (secondary N) is 1. The topological polar surface area (TPSA) is 66.8 Å². The number of halogens is 1. The molecule has 7 nitrogen and oxygen atoms in total. The van der Waals surface area contributed by atoms with Gasteiger partial charge in [0.15, 0.2) is 0 Å². The Balaban J connectivity index is 1.13. The number of carbonyl (C=O) groups excluding carboxylic acids is 2. The molecule has 1 N–H and O–H groups in total. The van der Waals surface area contributed by atoms with Crippen LogP contribution in [0.5, 0.6) is 0 Å². The molecule has 33 heavy (non-hydrogen) atoms. The second-order valence-corrected chi connectivity index (χ2v) is 10.6. The molecule has 0 radical (unpaired) electrons. The number of fused-ring (bicyclic) bond motifs is 2. The van der Waals surface area contributed by atoms with Crippen LogP contribution < -0.4 is 5.32 Å². The van der Waals surface area contributed by atoms with Gasteiger partial charge in [0.25, 0.3) is 0 Å². The van der Waals surface area contributed by atoms with Gasteiger partial charge in [0.05, 0.1) is 12.1 Å². The van der Waals surface area contributed by atoms with Crippen molar-refractivity contribution in [2.24, 2.45) is 5.92 Å². The summed E-state index contributed by atoms with van der Waals surface area (Å²) in [6, 6.07) is 6.24. The highest BCUT2D eigenvalue weighted by Crippen LogP contribution is 2.38. The maximum Gasteiger partial charge on any atom is 0.320 e. The van der Waals surface area contributed by atoms with E-state index in [1.807, 2.05) is 15.9 Å². The van der Waals surface area contributed by atoms with E-state index in [2.05, 4.69) is 28.2 Å². The van der Waals surface area contributed by atoms with Crippen LogP contribution in [0.3, 0.4) is 0 Å². The van der Waals surface area contributed by atoms with Crippen LogP contribution in [0.2, 0.25) is 5.02 Å². The Kier molecular flexibility index (Phi) is 5.49. The summed E-state index contributed by atoms with van der Waals surface area (Å²) in [5.41, 5.74) is 2.66. The quantitative estimate of drug-likeness (QED) is 0.745. The van der Waals surface area contributed by atoms with Crippen molar-refractivity contribution < 1.29 is 14.3 Å². The van der Waals surface area contributed by atoms with Crippen molar-refractivity contribution in [3.05, 3.63) is 35.0 Å². The van der Waals surface area contributed by atoms with E-state index in [9.17, 15) is 9.59 Å². The summed E-state index contributed by atoms with van der Waals surface area (Å²) in [6.07, 6.45) is 7.72. The number of likely N-dealkylation sites (tertiary alicyclic amines) is 2. The third-order valence-electron chi connectivity index (χ3n) is 7.83. The highest BCUT2D eigenvalue weighted by molar-refractivity contribution is 6.31. The standard InChI is InChI=1S/C25H31ClN4O3/c26-18-3-4-22-19(11-18)20(13-30(22)12-16-1-2-16)17-5-8-28(9-6-17)25(32)29-10-7-23-21(14-29)27-24(31)15-33-23/h3-4,11,13,16-17,21,23H,1-2,5-10,12,14-15H2,(H,27,31). The SMILES string of the molecule is O=C1COC2CCN(C(=O)N3CCC(c4cn(CC5CC5)c5ccc(Cl)cc45)CC3)CC2N1. The number of hydrogen-bond acceptors (Lipinski definition) is 3. The molecule has 1 aromatic heterocycles. The first-order valence-electron chi connectivity index (χ1n) is 12.3. The second-order valence-electron chi connectivity index (χ2n) is 10.1. The van der Waals surface area contributed by atoms with Crippen LogP contribution in [0.25, 0.3) is 10.9 Å². The number of amides is 3. The lowest BCUT2D eigenvalue weighted by Crippen LogP contribution is -2.62. The molecule has 176 valence electrons. The number of urea groups is 1. The molecule has 1 aromatic carbocycles. The first kappa shape index (κ1) is 21.3. The number of morpholine rings is 1. The highest BCUT2D eigenvalue weighted by Gasteiger charge is 2.38. The summed E-state index contributed by atoms with van der Waals surface area (Å²) in [5.74, 6) is 1.16. The lowest BCUT2D eigenvalue weighted by molar-refractivity contribution is -0.139. The fourth-order valence-electron chi connectivity index (χ4n) is 5.81. The predicted molar refractivity (Wildman–Crippen MR) is 126 cm³/mol. The fourth-order valence-corrected chi connectivity index (χ4v) is 5.98. The van der Waals surface area contributed by atoms with E-state index in [1.54, 1.807) is 0 Å². The summed E-state index contributed by atoms with van der Waals surface area (Å²) in [4.78, 5) is 28.8. The predicted octanol–water partition coefficient (Wildman–Crippen LogP) is 3.59. The number of carbonyl (C=O) groups is 2. The summed E-state index contributed by atoms with van der Waals surface area (Å²) < 4.78 is 8.05. The lowest BCUT2D eigenvalue weighted by Gasteiger charge is -2.43. The first-order valence-corrected chi connectivity index (χ1v) is 12.7. The molecule has 8 heteroatoms. The molecule has 2 aromatic rings. The lowest BCUT2D eigenvalue weighted by atomic mass is 9.89. The van der Waals surface area contributed by atoms with Gasteiger partial charge in [0.1, 0.15) is 6.61 Å². The third-order valence-corrected chi connectivity index (χ3v) is 8.06. The van der Waals surface area contributed by atoms with Gasteiger partial charge in [-0.3, -0.25) is 4.79 Å². The van der Waals surface area contributed by atoms with Crippen LogP contribution in [0.1, 0.15) is 43.6 Å². The van der Waals surface area contributed by atoms with E-state index in [4.69, 9.17) is 16.3 Å². The van der Waals surface area contributed by atoms with Crippen molar-refractivity contribution in [3.8, 4) is 0 Å². The number of nitrogens with zero attached hydrogens (tertiary/aromatic N) is 3. The van der Waals surface area contributed by atoms with E-state index >= 15 is 0 Å². The van der Waals surface area contributed by atoms with Gasteiger partial charge in [0, 0.05) is 54.8 Å². The maximum absolute atomic E-state index is 13.2. The minimum Gasteiger partial charge on any atom is -0.366 e. The van der Waals surface area contributed by atoms with Crippen LogP contribution in [0, 0.1) is 5.92 Å². The smallest absolute Gasteiger partial charge is 0.320 e. The molecular formula is C25H31ClN4O3. The minimum atomic E-state index is -0.0937. The van der Waals surface area contributed by atoms with Crippen molar-refractivity contribution in [2.75, 3.05) is 32.8 Å². The van der Waals surface area contributed by atoms with Crippen molar-refractivity contribution in [3.63, 3.8) is 0 Å². The number of rotatable bonds is 3. The number of piperidine rings is 2. The second kappa shape index (κ2) is 8.51. The van der Waals surface area contributed by atoms with Crippen LogP contribution >= 0.6 is 11.6 Å². The van der Waals surface area contributed by atoms with Crippen molar-refractivity contribution in [1.29, 1.82) is 0 Å². The number of aromatic nitrogens is 1. The summed E-state index contributed by atoms with van der Waals surface area (Å²) in [5, 5.41) is 5.03. The molecule has 1 aliphatic carbocycles. The Labute approximate surface area is 199 Å². The van der Waals surface area contributed by atoms with Gasteiger partial charge >= 0.3 is 6.03 Å². The minimum absolute atomic E-state index is 0.0252. The zero-order chi connectivity index (χ0) is 22.5. The molecule has 4 aliphatic rings. The normalized spacial score (nSPS) is 26.4. The van der Waals surface area contributed by atoms with E-state index in [0.29, 0.717) is 19.0 Å². The fraction of sp³-hybridized carbons (Fsp3) is 0.600. The Morgan fingerprint density at radius 3 is 2.67 bits per heavy atom. The molecule has 2 atom stereocenters. The molecular weight excluding hydrogens is 440 g/mol. The number of ether oxygens (including phenoxy) is 1. The van der Waals surface area contributed by atoms with Crippen molar-refractivity contribution in [2.45, 2.75) is 56.7 Å². The Hall–Kier alpha value is -2.25. The highest BCUT2D eigenvalue weighted by atomic mass is 35.5. The van der Waals surface area contributed by atoms with Gasteiger partial charge in [-0.15, -0.1) is 0 Å². The molecule has 6 rings (SSSR count). The van der Waals surface area contributed by atoms with Gasteiger partial charge in [0.2, 0.25) is 5.91 Å². The van der Waals surface area contributed by atoms with Crippen LogP contribution in [0.4, 0.5) is 4.79 Å². The third kappa shape index (κ3) is 4.21.